The summed E-state index contributed by atoms with van der Waals surface area (Å²) in [6.45, 7) is 0. The van der Waals surface area contributed by atoms with Gasteiger partial charge in [0, 0.05) is 18.0 Å². The Morgan fingerprint density at radius 1 is 1.00 bits per heavy atom. The van der Waals surface area contributed by atoms with E-state index in [-0.39, 0.29) is 0 Å². The van der Waals surface area contributed by atoms with E-state index in [4.69, 9.17) is 5.73 Å². The van der Waals surface area contributed by atoms with Crippen molar-refractivity contribution >= 4 is 11.5 Å². The van der Waals surface area contributed by atoms with E-state index in [0.29, 0.717) is 5.82 Å². The molecule has 0 unspecified atom stereocenters. The first-order valence-corrected chi connectivity index (χ1v) is 6.52. The average molecular weight is 276 g/mol. The lowest BCUT2D eigenvalue weighted by atomic mass is 10.1. The number of fused-ring (bicyclic) bond motifs is 1. The van der Waals surface area contributed by atoms with E-state index in [2.05, 4.69) is 20.3 Å². The minimum absolute atomic E-state index is 0.534. The van der Waals surface area contributed by atoms with Gasteiger partial charge in [0.1, 0.15) is 5.82 Å². The lowest BCUT2D eigenvalue weighted by molar-refractivity contribution is 0.951. The molecule has 0 spiro atoms. The van der Waals surface area contributed by atoms with Gasteiger partial charge in [0.2, 0.25) is 0 Å². The molecular weight excluding hydrogens is 264 g/mol. The molecular formula is C15H12N6. The van der Waals surface area contributed by atoms with Crippen LogP contribution in [0.4, 0.5) is 5.82 Å². The van der Waals surface area contributed by atoms with Gasteiger partial charge >= 0.3 is 0 Å². The Morgan fingerprint density at radius 3 is 2.62 bits per heavy atom. The van der Waals surface area contributed by atoms with Crippen molar-refractivity contribution in [3.05, 3.63) is 55.0 Å². The minimum Gasteiger partial charge on any atom is -0.383 e. The second kappa shape index (κ2) is 4.45. The molecule has 0 bridgehead atoms. The third-order valence-corrected chi connectivity index (χ3v) is 3.44. The summed E-state index contributed by atoms with van der Waals surface area (Å²) in [6, 6.07) is 11.9. The van der Waals surface area contributed by atoms with Gasteiger partial charge in [-0.25, -0.2) is 4.98 Å². The Labute approximate surface area is 120 Å². The number of aromatic nitrogens is 5. The maximum absolute atomic E-state index is 6.21. The van der Waals surface area contributed by atoms with Gasteiger partial charge in [0.05, 0.1) is 17.5 Å². The average Bonchev–Trinajstić information content (AvgIpc) is 3.18. The molecule has 0 aliphatic heterocycles. The van der Waals surface area contributed by atoms with Crippen molar-refractivity contribution in [3.8, 4) is 22.4 Å². The summed E-state index contributed by atoms with van der Waals surface area (Å²) in [5.74, 6) is 0.534. The second-order valence-corrected chi connectivity index (χ2v) is 4.69. The number of nitrogens with zero attached hydrogens (tertiary/aromatic N) is 4. The number of nitrogens with two attached hydrogens (primary N) is 1. The molecule has 21 heavy (non-hydrogen) atoms. The zero-order chi connectivity index (χ0) is 14.2. The maximum Gasteiger partial charge on any atom is 0.165 e. The maximum atomic E-state index is 6.21. The molecule has 0 radical (unpaired) electrons. The van der Waals surface area contributed by atoms with Crippen LogP contribution >= 0.6 is 0 Å². The zero-order valence-electron chi connectivity index (χ0n) is 11.1. The quantitative estimate of drug-likeness (QED) is 0.588. The van der Waals surface area contributed by atoms with Crippen LogP contribution in [0, 0.1) is 0 Å². The van der Waals surface area contributed by atoms with Gasteiger partial charge in [0.25, 0.3) is 0 Å². The molecule has 0 saturated carbocycles. The van der Waals surface area contributed by atoms with Crippen molar-refractivity contribution in [3.63, 3.8) is 0 Å². The molecule has 102 valence electrons. The number of hydrogen-bond acceptors (Lipinski definition) is 4. The summed E-state index contributed by atoms with van der Waals surface area (Å²) in [6.07, 6.45) is 5.20. The lowest BCUT2D eigenvalue weighted by Crippen LogP contribution is -2.02. The van der Waals surface area contributed by atoms with Crippen molar-refractivity contribution in [1.29, 1.82) is 0 Å². The molecule has 1 aromatic carbocycles. The fraction of sp³-hybridized carbons (Fsp3) is 0. The highest BCUT2D eigenvalue weighted by Gasteiger charge is 2.13. The highest BCUT2D eigenvalue weighted by molar-refractivity contribution is 5.81. The van der Waals surface area contributed by atoms with Crippen molar-refractivity contribution in [2.45, 2.75) is 0 Å². The number of rotatable bonds is 2. The molecule has 0 atom stereocenters. The summed E-state index contributed by atoms with van der Waals surface area (Å²) in [5, 5.41) is 11.2. The largest absolute Gasteiger partial charge is 0.383 e. The fourth-order valence-corrected chi connectivity index (χ4v) is 2.38. The molecule has 0 aliphatic rings. The number of aromatic amines is 1. The normalized spacial score (nSPS) is 11.0. The Hall–Kier alpha value is -3.15. The van der Waals surface area contributed by atoms with E-state index < -0.39 is 0 Å². The van der Waals surface area contributed by atoms with Crippen LogP contribution in [0.1, 0.15) is 0 Å². The van der Waals surface area contributed by atoms with Gasteiger partial charge in [-0.1, -0.05) is 30.3 Å². The molecule has 6 nitrogen and oxygen atoms in total. The van der Waals surface area contributed by atoms with Crippen LogP contribution in [-0.2, 0) is 0 Å². The monoisotopic (exact) mass is 276 g/mol. The van der Waals surface area contributed by atoms with Gasteiger partial charge < -0.3 is 5.73 Å². The summed E-state index contributed by atoms with van der Waals surface area (Å²) in [5.41, 5.74) is 10.6. The molecule has 3 N–H and O–H groups in total. The number of anilines is 1. The number of benzene rings is 1. The number of H-pyrrole nitrogens is 1. The highest BCUT2D eigenvalue weighted by Crippen LogP contribution is 2.28. The third-order valence-electron chi connectivity index (χ3n) is 3.44. The van der Waals surface area contributed by atoms with E-state index in [9.17, 15) is 0 Å². The van der Waals surface area contributed by atoms with Crippen LogP contribution in [-0.4, -0.2) is 24.8 Å². The van der Waals surface area contributed by atoms with E-state index >= 15 is 0 Å². The van der Waals surface area contributed by atoms with E-state index in [1.165, 1.54) is 0 Å². The highest BCUT2D eigenvalue weighted by atomic mass is 15.3. The molecule has 4 aromatic rings. The van der Waals surface area contributed by atoms with Crippen molar-refractivity contribution in [1.82, 2.24) is 24.8 Å². The van der Waals surface area contributed by atoms with Crippen LogP contribution < -0.4 is 5.73 Å². The fourth-order valence-electron chi connectivity index (χ4n) is 2.38. The van der Waals surface area contributed by atoms with Crippen LogP contribution in [0.25, 0.3) is 28.0 Å². The van der Waals surface area contributed by atoms with Gasteiger partial charge in [-0.3, -0.25) is 5.10 Å². The van der Waals surface area contributed by atoms with Crippen molar-refractivity contribution in [2.75, 3.05) is 5.73 Å². The Kier molecular flexibility index (Phi) is 2.47. The van der Waals surface area contributed by atoms with E-state index in [1.807, 2.05) is 36.4 Å². The molecule has 0 saturated heterocycles. The first-order chi connectivity index (χ1) is 10.3. The topological polar surface area (TPSA) is 84.9 Å². The summed E-state index contributed by atoms with van der Waals surface area (Å²) in [7, 11) is 0. The van der Waals surface area contributed by atoms with Crippen molar-refractivity contribution in [2.24, 2.45) is 0 Å². The van der Waals surface area contributed by atoms with Gasteiger partial charge in [0.15, 0.2) is 5.65 Å². The molecule has 0 fully saturated rings. The first-order valence-electron chi connectivity index (χ1n) is 6.52. The molecule has 0 amide bonds. The van der Waals surface area contributed by atoms with Gasteiger partial charge in [-0.2, -0.15) is 14.7 Å². The summed E-state index contributed by atoms with van der Waals surface area (Å²) in [4.78, 5) is 4.51. The first kappa shape index (κ1) is 11.7. The Bertz CT molecular complexity index is 893. The minimum atomic E-state index is 0.534. The number of nitrogen functional groups attached to an aromatic ring is 1. The predicted octanol–water partition coefficient (Wildman–Crippen LogP) is 2.37. The van der Waals surface area contributed by atoms with Crippen LogP contribution in [0.5, 0.6) is 0 Å². The van der Waals surface area contributed by atoms with E-state index in [0.717, 1.165) is 28.0 Å². The smallest absolute Gasteiger partial charge is 0.165 e. The van der Waals surface area contributed by atoms with Gasteiger partial charge in [-0.05, 0) is 11.6 Å². The standard InChI is InChI=1S/C15H12N6/c16-14-12(13-6-7-18-20-13)8-17-15-11(9-19-21(14)15)10-4-2-1-3-5-10/h1-9H,16H2,(H,18,20). The molecule has 0 aliphatic carbocycles. The molecule has 3 heterocycles. The van der Waals surface area contributed by atoms with E-state index in [1.54, 1.807) is 23.1 Å². The molecule has 6 heteroatoms. The summed E-state index contributed by atoms with van der Waals surface area (Å²) >= 11 is 0. The second-order valence-electron chi connectivity index (χ2n) is 4.69. The zero-order valence-corrected chi connectivity index (χ0v) is 11.1. The van der Waals surface area contributed by atoms with Gasteiger partial charge in [-0.15, -0.1) is 0 Å². The summed E-state index contributed by atoms with van der Waals surface area (Å²) < 4.78 is 1.65. The third kappa shape index (κ3) is 1.77. The predicted molar refractivity (Wildman–Crippen MR) is 80.4 cm³/mol. The molecule has 4 rings (SSSR count). The SMILES string of the molecule is Nc1c(-c2ccn[nH]2)cnc2c(-c3ccccc3)cnn12. The van der Waals surface area contributed by atoms with Crippen molar-refractivity contribution < 1.29 is 0 Å². The number of hydrogen-bond donors (Lipinski definition) is 2. The van der Waals surface area contributed by atoms with Crippen LogP contribution in [0.15, 0.2) is 55.0 Å². The lowest BCUT2D eigenvalue weighted by Gasteiger charge is -2.05. The Balaban J connectivity index is 1.94. The van der Waals surface area contributed by atoms with Crippen LogP contribution in [0.3, 0.4) is 0 Å². The van der Waals surface area contributed by atoms with Crippen LogP contribution in [0.2, 0.25) is 0 Å². The number of nitrogens with one attached hydrogen (secondary N) is 1. The Morgan fingerprint density at radius 2 is 1.86 bits per heavy atom. The molecule has 3 aromatic heterocycles.